The number of carbonyl (C=O) groups is 2. The van der Waals surface area contributed by atoms with Crippen molar-refractivity contribution in [3.63, 3.8) is 0 Å². The molecule has 0 aliphatic heterocycles. The Hall–Kier alpha value is -1.62. The third-order valence-electron chi connectivity index (χ3n) is 1.89. The molecule has 0 saturated carbocycles. The normalized spacial score (nSPS) is 11.1. The van der Waals surface area contributed by atoms with Crippen molar-refractivity contribution in [3.05, 3.63) is 40.4 Å². The van der Waals surface area contributed by atoms with Crippen LogP contribution in [0.4, 0.5) is 0 Å². The van der Waals surface area contributed by atoms with Gasteiger partial charge in [-0.3, -0.25) is 4.79 Å². The second-order valence-electron chi connectivity index (χ2n) is 3.09. The van der Waals surface area contributed by atoms with Crippen LogP contribution in [0.25, 0.3) is 5.76 Å². The standard InChI is InChI=1S/C12H11BrO4/c1-2-17-12(16)11(15)7-10(14)8-5-3-4-6-9(8)13/h3-7,14H,2H2,1H3/b10-7-. The van der Waals surface area contributed by atoms with Crippen molar-refractivity contribution < 1.29 is 19.4 Å². The third-order valence-corrected chi connectivity index (χ3v) is 2.59. The van der Waals surface area contributed by atoms with E-state index < -0.39 is 11.8 Å². The van der Waals surface area contributed by atoms with Gasteiger partial charge < -0.3 is 9.84 Å². The molecule has 0 aromatic heterocycles. The molecule has 0 spiro atoms. The summed E-state index contributed by atoms with van der Waals surface area (Å²) in [6, 6.07) is 6.82. The van der Waals surface area contributed by atoms with Gasteiger partial charge in [-0.05, 0) is 13.0 Å². The van der Waals surface area contributed by atoms with Crippen LogP contribution in [0.5, 0.6) is 0 Å². The number of halogens is 1. The Kier molecular flexibility index (Phi) is 4.90. The summed E-state index contributed by atoms with van der Waals surface area (Å²) in [5.41, 5.74) is 0.435. The lowest BCUT2D eigenvalue weighted by Crippen LogP contribution is -2.15. The number of hydrogen-bond donors (Lipinski definition) is 1. The van der Waals surface area contributed by atoms with Crippen molar-refractivity contribution >= 4 is 33.4 Å². The number of aliphatic hydroxyl groups is 1. The molecule has 0 fully saturated rings. The van der Waals surface area contributed by atoms with Crippen LogP contribution in [0.1, 0.15) is 12.5 Å². The Labute approximate surface area is 107 Å². The Morgan fingerprint density at radius 3 is 2.65 bits per heavy atom. The van der Waals surface area contributed by atoms with Gasteiger partial charge in [0.2, 0.25) is 0 Å². The topological polar surface area (TPSA) is 63.6 Å². The van der Waals surface area contributed by atoms with Crippen molar-refractivity contribution in [2.75, 3.05) is 6.61 Å². The van der Waals surface area contributed by atoms with E-state index in [-0.39, 0.29) is 12.4 Å². The number of ether oxygens (including phenoxy) is 1. The molecule has 0 radical (unpaired) electrons. The number of rotatable bonds is 4. The fraction of sp³-hybridized carbons (Fsp3) is 0.167. The first kappa shape index (κ1) is 13.4. The van der Waals surface area contributed by atoms with Crippen molar-refractivity contribution in [3.8, 4) is 0 Å². The number of benzene rings is 1. The number of ketones is 1. The highest BCUT2D eigenvalue weighted by Gasteiger charge is 2.14. The first-order valence-corrected chi connectivity index (χ1v) is 5.72. The predicted octanol–water partition coefficient (Wildman–Crippen LogP) is 2.48. The molecular weight excluding hydrogens is 288 g/mol. The van der Waals surface area contributed by atoms with Gasteiger partial charge in [0.05, 0.1) is 6.61 Å². The third kappa shape index (κ3) is 3.71. The smallest absolute Gasteiger partial charge is 0.379 e. The SMILES string of the molecule is CCOC(=O)C(=O)/C=C(\O)c1ccccc1Br. The molecule has 5 heteroatoms. The summed E-state index contributed by atoms with van der Waals surface area (Å²) in [5.74, 6) is -2.15. The van der Waals surface area contributed by atoms with Gasteiger partial charge in [0.25, 0.3) is 5.78 Å². The molecule has 0 amide bonds. The summed E-state index contributed by atoms with van der Waals surface area (Å²) < 4.78 is 5.14. The van der Waals surface area contributed by atoms with Gasteiger partial charge in [-0.2, -0.15) is 0 Å². The van der Waals surface area contributed by atoms with E-state index in [9.17, 15) is 14.7 Å². The zero-order chi connectivity index (χ0) is 12.8. The van der Waals surface area contributed by atoms with Crippen LogP contribution in [0.3, 0.4) is 0 Å². The van der Waals surface area contributed by atoms with E-state index in [1.54, 1.807) is 31.2 Å². The Morgan fingerprint density at radius 1 is 1.41 bits per heavy atom. The van der Waals surface area contributed by atoms with E-state index in [0.717, 1.165) is 6.08 Å². The van der Waals surface area contributed by atoms with Gasteiger partial charge in [0.1, 0.15) is 5.76 Å². The van der Waals surface area contributed by atoms with E-state index in [1.807, 2.05) is 0 Å². The first-order valence-electron chi connectivity index (χ1n) is 4.93. The lowest BCUT2D eigenvalue weighted by molar-refractivity contribution is -0.151. The fourth-order valence-corrected chi connectivity index (χ4v) is 1.62. The molecule has 0 aliphatic carbocycles. The molecule has 0 atom stereocenters. The zero-order valence-corrected chi connectivity index (χ0v) is 10.7. The van der Waals surface area contributed by atoms with Crippen LogP contribution in [0, 0.1) is 0 Å². The van der Waals surface area contributed by atoms with Crippen molar-refractivity contribution in [2.24, 2.45) is 0 Å². The zero-order valence-electron chi connectivity index (χ0n) is 9.14. The van der Waals surface area contributed by atoms with E-state index in [1.165, 1.54) is 0 Å². The van der Waals surface area contributed by atoms with Gasteiger partial charge in [-0.25, -0.2) is 4.79 Å². The van der Waals surface area contributed by atoms with Crippen LogP contribution in [0.2, 0.25) is 0 Å². The van der Waals surface area contributed by atoms with Crippen LogP contribution in [0.15, 0.2) is 34.8 Å². The lowest BCUT2D eigenvalue weighted by Gasteiger charge is -2.02. The first-order chi connectivity index (χ1) is 8.06. The molecule has 0 heterocycles. The highest BCUT2D eigenvalue weighted by molar-refractivity contribution is 9.10. The van der Waals surface area contributed by atoms with Gasteiger partial charge in [0, 0.05) is 16.1 Å². The van der Waals surface area contributed by atoms with Crippen molar-refractivity contribution in [1.82, 2.24) is 0 Å². The molecule has 0 unspecified atom stereocenters. The molecule has 1 N–H and O–H groups in total. The van der Waals surface area contributed by atoms with E-state index >= 15 is 0 Å². The Morgan fingerprint density at radius 2 is 2.06 bits per heavy atom. The molecular formula is C12H11BrO4. The molecule has 0 aliphatic rings. The number of esters is 1. The monoisotopic (exact) mass is 298 g/mol. The van der Waals surface area contributed by atoms with Crippen LogP contribution in [-0.2, 0) is 14.3 Å². The van der Waals surface area contributed by atoms with Gasteiger partial charge in [0.15, 0.2) is 0 Å². The minimum Gasteiger partial charge on any atom is -0.507 e. The lowest BCUT2D eigenvalue weighted by atomic mass is 10.1. The molecule has 4 nitrogen and oxygen atoms in total. The maximum absolute atomic E-state index is 11.3. The average Bonchev–Trinajstić information content (AvgIpc) is 2.29. The predicted molar refractivity (Wildman–Crippen MR) is 66.4 cm³/mol. The molecule has 0 bridgehead atoms. The summed E-state index contributed by atoms with van der Waals surface area (Å²) in [4.78, 5) is 22.4. The number of aliphatic hydroxyl groups excluding tert-OH is 1. The summed E-state index contributed by atoms with van der Waals surface area (Å²) in [6.45, 7) is 1.72. The average molecular weight is 299 g/mol. The number of carbonyl (C=O) groups excluding carboxylic acids is 2. The minimum atomic E-state index is -0.980. The molecule has 1 aromatic rings. The second kappa shape index (κ2) is 6.20. The number of hydrogen-bond acceptors (Lipinski definition) is 4. The second-order valence-corrected chi connectivity index (χ2v) is 3.95. The maximum Gasteiger partial charge on any atom is 0.379 e. The van der Waals surface area contributed by atoms with Crippen LogP contribution < -0.4 is 0 Å². The summed E-state index contributed by atoms with van der Waals surface area (Å²) >= 11 is 3.23. The van der Waals surface area contributed by atoms with E-state index in [2.05, 4.69) is 20.7 Å². The van der Waals surface area contributed by atoms with Crippen molar-refractivity contribution in [1.29, 1.82) is 0 Å². The van der Waals surface area contributed by atoms with E-state index in [0.29, 0.717) is 10.0 Å². The van der Waals surface area contributed by atoms with Gasteiger partial charge in [-0.1, -0.05) is 34.1 Å². The maximum atomic E-state index is 11.3. The Balaban J connectivity index is 2.90. The largest absolute Gasteiger partial charge is 0.507 e. The van der Waals surface area contributed by atoms with Crippen molar-refractivity contribution in [2.45, 2.75) is 6.92 Å². The summed E-state index contributed by atoms with van der Waals surface area (Å²) in [6.07, 6.45) is 0.845. The quantitative estimate of drug-likeness (QED) is 0.401. The minimum absolute atomic E-state index is 0.119. The summed E-state index contributed by atoms with van der Waals surface area (Å²) in [7, 11) is 0. The highest BCUT2D eigenvalue weighted by atomic mass is 79.9. The fourth-order valence-electron chi connectivity index (χ4n) is 1.13. The van der Waals surface area contributed by atoms with Crippen LogP contribution in [-0.4, -0.2) is 23.5 Å². The molecule has 0 saturated heterocycles. The Bertz CT molecular complexity index is 465. The molecule has 17 heavy (non-hydrogen) atoms. The summed E-state index contributed by atoms with van der Waals surface area (Å²) in [5, 5.41) is 9.69. The van der Waals surface area contributed by atoms with Crippen LogP contribution >= 0.6 is 15.9 Å². The molecule has 1 rings (SSSR count). The highest BCUT2D eigenvalue weighted by Crippen LogP contribution is 2.22. The van der Waals surface area contributed by atoms with Gasteiger partial charge >= 0.3 is 5.97 Å². The molecule has 90 valence electrons. The molecule has 1 aromatic carbocycles. The van der Waals surface area contributed by atoms with Gasteiger partial charge in [-0.15, -0.1) is 0 Å². The van der Waals surface area contributed by atoms with E-state index in [4.69, 9.17) is 0 Å².